The third kappa shape index (κ3) is 2.04. The highest BCUT2D eigenvalue weighted by Gasteiger charge is 2.14. The molecule has 1 N–H and O–H groups in total. The molecule has 0 unspecified atom stereocenters. The minimum absolute atomic E-state index is 0.488. The van der Waals surface area contributed by atoms with Crippen molar-refractivity contribution in [3.8, 4) is 5.88 Å². The highest BCUT2D eigenvalue weighted by atomic mass is 16.5. The van der Waals surface area contributed by atoms with Gasteiger partial charge < -0.3 is 10.1 Å². The number of nitrogens with one attached hydrogen (secondary N) is 1. The van der Waals surface area contributed by atoms with Gasteiger partial charge in [0.05, 0.1) is 7.11 Å². The molecular formula is C11H16N2O. The summed E-state index contributed by atoms with van der Waals surface area (Å²) in [4.78, 5) is 4.21. The molecule has 1 aliphatic heterocycles. The minimum atomic E-state index is 0.488. The molecule has 1 saturated heterocycles. The fourth-order valence-electron chi connectivity index (χ4n) is 1.85. The summed E-state index contributed by atoms with van der Waals surface area (Å²) in [6.07, 6.45) is 5.72. The first-order valence-corrected chi connectivity index (χ1v) is 5.13. The van der Waals surface area contributed by atoms with Gasteiger partial charge >= 0.3 is 0 Å². The predicted molar refractivity (Wildman–Crippen MR) is 55.4 cm³/mol. The van der Waals surface area contributed by atoms with Crippen molar-refractivity contribution < 1.29 is 4.74 Å². The first-order chi connectivity index (χ1) is 6.90. The molecule has 1 aromatic heterocycles. The predicted octanol–water partition coefficient (Wildman–Crippen LogP) is 1.90. The Balaban J connectivity index is 2.07. The van der Waals surface area contributed by atoms with E-state index in [9.17, 15) is 0 Å². The number of methoxy groups -OCH3 is 1. The summed E-state index contributed by atoms with van der Waals surface area (Å²) in [7, 11) is 1.64. The molecule has 1 atom stereocenters. The van der Waals surface area contributed by atoms with Gasteiger partial charge in [0.25, 0.3) is 0 Å². The number of hydrogen-bond donors (Lipinski definition) is 1. The van der Waals surface area contributed by atoms with Crippen LogP contribution in [0.5, 0.6) is 5.88 Å². The first-order valence-electron chi connectivity index (χ1n) is 5.13. The van der Waals surface area contributed by atoms with Crippen LogP contribution in [-0.2, 0) is 0 Å². The lowest BCUT2D eigenvalue weighted by Gasteiger charge is -2.23. The van der Waals surface area contributed by atoms with Crippen molar-refractivity contribution in [2.45, 2.75) is 25.3 Å². The molecular weight excluding hydrogens is 176 g/mol. The lowest BCUT2D eigenvalue weighted by atomic mass is 9.99. The number of piperidine rings is 1. The Hall–Kier alpha value is -1.09. The zero-order chi connectivity index (χ0) is 9.80. The molecule has 0 saturated carbocycles. The molecule has 1 fully saturated rings. The van der Waals surface area contributed by atoms with Gasteiger partial charge in [-0.1, -0.05) is 12.5 Å². The molecule has 1 aromatic rings. The Morgan fingerprint density at radius 1 is 1.43 bits per heavy atom. The van der Waals surface area contributed by atoms with Crippen LogP contribution in [0.15, 0.2) is 18.3 Å². The first kappa shape index (κ1) is 9.46. The molecule has 0 amide bonds. The van der Waals surface area contributed by atoms with Gasteiger partial charge in [-0.15, -0.1) is 0 Å². The number of pyridine rings is 1. The zero-order valence-electron chi connectivity index (χ0n) is 8.49. The average Bonchev–Trinajstić information content (AvgIpc) is 2.30. The van der Waals surface area contributed by atoms with Crippen LogP contribution in [0.25, 0.3) is 0 Å². The highest BCUT2D eigenvalue weighted by Crippen LogP contribution is 2.22. The fraction of sp³-hybridized carbons (Fsp3) is 0.545. The largest absolute Gasteiger partial charge is 0.481 e. The summed E-state index contributed by atoms with van der Waals surface area (Å²) in [6, 6.07) is 4.50. The van der Waals surface area contributed by atoms with E-state index >= 15 is 0 Å². The number of ether oxygens (including phenoxy) is 1. The van der Waals surface area contributed by atoms with Gasteiger partial charge in [0.2, 0.25) is 5.88 Å². The fourth-order valence-corrected chi connectivity index (χ4v) is 1.85. The van der Waals surface area contributed by atoms with Crippen LogP contribution in [0, 0.1) is 0 Å². The third-order valence-electron chi connectivity index (χ3n) is 2.68. The van der Waals surface area contributed by atoms with Crippen LogP contribution < -0.4 is 10.1 Å². The Labute approximate surface area is 84.5 Å². The molecule has 0 spiro atoms. The van der Waals surface area contributed by atoms with E-state index in [1.54, 1.807) is 7.11 Å². The normalized spacial score (nSPS) is 21.9. The van der Waals surface area contributed by atoms with E-state index in [0.717, 1.165) is 6.54 Å². The van der Waals surface area contributed by atoms with Crippen LogP contribution in [0.4, 0.5) is 0 Å². The highest BCUT2D eigenvalue weighted by molar-refractivity contribution is 5.21. The number of aromatic nitrogens is 1. The molecule has 2 rings (SSSR count). The van der Waals surface area contributed by atoms with Crippen LogP contribution >= 0.6 is 0 Å². The van der Waals surface area contributed by atoms with Crippen molar-refractivity contribution in [3.63, 3.8) is 0 Å². The second kappa shape index (κ2) is 4.42. The molecule has 3 nitrogen and oxygen atoms in total. The Kier molecular flexibility index (Phi) is 2.99. The summed E-state index contributed by atoms with van der Waals surface area (Å²) in [6.45, 7) is 1.12. The Morgan fingerprint density at radius 2 is 2.36 bits per heavy atom. The van der Waals surface area contributed by atoms with Crippen molar-refractivity contribution >= 4 is 0 Å². The van der Waals surface area contributed by atoms with Crippen molar-refractivity contribution in [1.29, 1.82) is 0 Å². The van der Waals surface area contributed by atoms with Crippen molar-refractivity contribution in [2.75, 3.05) is 13.7 Å². The molecule has 0 bridgehead atoms. The lowest BCUT2D eigenvalue weighted by Crippen LogP contribution is -2.26. The van der Waals surface area contributed by atoms with Crippen LogP contribution in [0.2, 0.25) is 0 Å². The summed E-state index contributed by atoms with van der Waals surface area (Å²) in [5.41, 5.74) is 1.27. The third-order valence-corrected chi connectivity index (χ3v) is 2.68. The summed E-state index contributed by atoms with van der Waals surface area (Å²) in [5.74, 6) is 0.685. The summed E-state index contributed by atoms with van der Waals surface area (Å²) in [5, 5.41) is 3.49. The molecule has 3 heteroatoms. The van der Waals surface area contributed by atoms with Crippen LogP contribution in [-0.4, -0.2) is 18.6 Å². The van der Waals surface area contributed by atoms with E-state index in [1.165, 1.54) is 24.8 Å². The second-order valence-electron chi connectivity index (χ2n) is 3.64. The van der Waals surface area contributed by atoms with E-state index in [1.807, 2.05) is 12.3 Å². The molecule has 0 aromatic carbocycles. The topological polar surface area (TPSA) is 34.1 Å². The van der Waals surface area contributed by atoms with Gasteiger partial charge in [-0.25, -0.2) is 4.98 Å². The van der Waals surface area contributed by atoms with E-state index in [2.05, 4.69) is 16.4 Å². The maximum atomic E-state index is 5.02. The Morgan fingerprint density at radius 3 is 2.93 bits per heavy atom. The maximum Gasteiger partial charge on any atom is 0.212 e. The number of rotatable bonds is 2. The quantitative estimate of drug-likeness (QED) is 0.777. The monoisotopic (exact) mass is 192 g/mol. The van der Waals surface area contributed by atoms with Crippen LogP contribution in [0.1, 0.15) is 30.9 Å². The van der Waals surface area contributed by atoms with Gasteiger partial charge in [0, 0.05) is 18.3 Å². The molecule has 14 heavy (non-hydrogen) atoms. The molecule has 0 radical (unpaired) electrons. The Bertz CT molecular complexity index is 278. The van der Waals surface area contributed by atoms with Crippen molar-refractivity contribution in [1.82, 2.24) is 10.3 Å². The minimum Gasteiger partial charge on any atom is -0.481 e. The maximum absolute atomic E-state index is 5.02. The van der Waals surface area contributed by atoms with Gasteiger partial charge in [-0.2, -0.15) is 0 Å². The standard InChI is InChI=1S/C11H16N2O/c1-14-11-6-5-9(8-13-11)10-4-2-3-7-12-10/h5-6,8,10,12H,2-4,7H2,1H3/t10-/m0/s1. The lowest BCUT2D eigenvalue weighted by molar-refractivity contribution is 0.392. The average molecular weight is 192 g/mol. The summed E-state index contributed by atoms with van der Waals surface area (Å²) >= 11 is 0. The van der Waals surface area contributed by atoms with E-state index in [4.69, 9.17) is 4.74 Å². The van der Waals surface area contributed by atoms with E-state index in [0.29, 0.717) is 11.9 Å². The van der Waals surface area contributed by atoms with Crippen LogP contribution in [0.3, 0.4) is 0 Å². The zero-order valence-corrected chi connectivity index (χ0v) is 8.49. The molecule has 0 aliphatic carbocycles. The van der Waals surface area contributed by atoms with E-state index in [-0.39, 0.29) is 0 Å². The molecule has 76 valence electrons. The number of nitrogens with zero attached hydrogens (tertiary/aromatic N) is 1. The smallest absolute Gasteiger partial charge is 0.212 e. The van der Waals surface area contributed by atoms with Gasteiger partial charge in [0.15, 0.2) is 0 Å². The molecule has 1 aliphatic rings. The SMILES string of the molecule is COc1ccc([C@@H]2CCCCN2)cn1. The second-order valence-corrected chi connectivity index (χ2v) is 3.64. The van der Waals surface area contributed by atoms with Crippen molar-refractivity contribution in [3.05, 3.63) is 23.9 Å². The molecule has 2 heterocycles. The van der Waals surface area contributed by atoms with Gasteiger partial charge in [-0.05, 0) is 24.9 Å². The summed E-state index contributed by atoms with van der Waals surface area (Å²) < 4.78 is 5.02. The van der Waals surface area contributed by atoms with Gasteiger partial charge in [-0.3, -0.25) is 0 Å². The van der Waals surface area contributed by atoms with Gasteiger partial charge in [0.1, 0.15) is 0 Å². The van der Waals surface area contributed by atoms with Crippen molar-refractivity contribution in [2.24, 2.45) is 0 Å². The van der Waals surface area contributed by atoms with E-state index < -0.39 is 0 Å². The number of hydrogen-bond acceptors (Lipinski definition) is 3.